The van der Waals surface area contributed by atoms with Gasteiger partial charge in [-0.15, -0.1) is 0 Å². The molecule has 0 unspecified atom stereocenters. The Labute approximate surface area is 183 Å². The Bertz CT molecular complexity index is 936. The number of aromatic nitrogens is 2. The fraction of sp³-hybridized carbons (Fsp3) is 0.500. The second kappa shape index (κ2) is 9.30. The topological polar surface area (TPSA) is 70.2 Å². The minimum atomic E-state index is -4.55. The lowest BCUT2D eigenvalue weighted by atomic mass is 9.91. The fourth-order valence-corrected chi connectivity index (χ4v) is 4.17. The van der Waals surface area contributed by atoms with Gasteiger partial charge in [-0.25, -0.2) is 9.37 Å². The van der Waals surface area contributed by atoms with E-state index in [9.17, 15) is 22.4 Å². The number of hydrogen-bond acceptors (Lipinski definition) is 5. The Morgan fingerprint density at radius 2 is 1.59 bits per heavy atom. The molecule has 2 aliphatic rings. The van der Waals surface area contributed by atoms with Crippen molar-refractivity contribution in [3.63, 3.8) is 0 Å². The maximum atomic E-state index is 13.4. The van der Waals surface area contributed by atoms with Crippen LogP contribution in [-0.4, -0.2) is 41.0 Å². The van der Waals surface area contributed by atoms with E-state index in [-0.39, 0.29) is 29.8 Å². The average Bonchev–Trinajstić information content (AvgIpc) is 3.30. The van der Waals surface area contributed by atoms with Gasteiger partial charge in [0.05, 0.1) is 0 Å². The molecule has 4 rings (SSSR count). The average molecular weight is 451 g/mol. The van der Waals surface area contributed by atoms with E-state index in [1.807, 2.05) is 0 Å². The van der Waals surface area contributed by atoms with Crippen LogP contribution in [0.5, 0.6) is 0 Å². The summed E-state index contributed by atoms with van der Waals surface area (Å²) in [6.45, 7) is 1.30. The number of nitrogens with one attached hydrogen (secondary N) is 2. The van der Waals surface area contributed by atoms with E-state index < -0.39 is 17.7 Å². The van der Waals surface area contributed by atoms with Crippen LogP contribution in [0, 0.1) is 5.82 Å². The molecule has 0 spiro atoms. The van der Waals surface area contributed by atoms with E-state index in [1.54, 1.807) is 4.90 Å². The van der Waals surface area contributed by atoms with Gasteiger partial charge in [0, 0.05) is 36.8 Å². The molecular formula is C22H25F4N5O. The third kappa shape index (κ3) is 5.46. The van der Waals surface area contributed by atoms with Crippen molar-refractivity contribution < 1.29 is 22.4 Å². The molecule has 1 aliphatic heterocycles. The van der Waals surface area contributed by atoms with Gasteiger partial charge in [-0.2, -0.15) is 18.2 Å². The van der Waals surface area contributed by atoms with Crippen molar-refractivity contribution >= 4 is 17.7 Å². The molecule has 0 atom stereocenters. The predicted molar refractivity (Wildman–Crippen MR) is 112 cm³/mol. The van der Waals surface area contributed by atoms with Gasteiger partial charge < -0.3 is 15.5 Å². The minimum Gasteiger partial charge on any atom is -0.367 e. The Morgan fingerprint density at radius 3 is 2.22 bits per heavy atom. The monoisotopic (exact) mass is 451 g/mol. The van der Waals surface area contributed by atoms with E-state index >= 15 is 0 Å². The van der Waals surface area contributed by atoms with Crippen molar-refractivity contribution in [2.24, 2.45) is 0 Å². The van der Waals surface area contributed by atoms with Gasteiger partial charge in [0.2, 0.25) is 5.95 Å². The molecular weight excluding hydrogens is 426 g/mol. The second-order valence-corrected chi connectivity index (χ2v) is 8.30. The summed E-state index contributed by atoms with van der Waals surface area (Å²) in [6.07, 6.45) is 0.00130. The molecule has 1 saturated carbocycles. The van der Waals surface area contributed by atoms with Crippen LogP contribution in [0.3, 0.4) is 0 Å². The van der Waals surface area contributed by atoms with E-state index in [1.165, 1.54) is 24.3 Å². The third-order valence-electron chi connectivity index (χ3n) is 5.91. The van der Waals surface area contributed by atoms with Gasteiger partial charge in [0.15, 0.2) is 5.69 Å². The number of anilines is 2. The summed E-state index contributed by atoms with van der Waals surface area (Å²) in [6, 6.07) is 6.22. The first-order chi connectivity index (χ1) is 15.3. The van der Waals surface area contributed by atoms with Crippen LogP contribution in [0.15, 0.2) is 30.3 Å². The molecule has 1 amide bonds. The van der Waals surface area contributed by atoms with Gasteiger partial charge in [-0.05, 0) is 62.8 Å². The first-order valence-electron chi connectivity index (χ1n) is 10.8. The molecule has 10 heteroatoms. The molecule has 1 aliphatic carbocycles. The zero-order valence-corrected chi connectivity index (χ0v) is 17.5. The lowest BCUT2D eigenvalue weighted by Gasteiger charge is -2.30. The highest BCUT2D eigenvalue weighted by molar-refractivity contribution is 5.94. The van der Waals surface area contributed by atoms with E-state index in [2.05, 4.69) is 20.6 Å². The first kappa shape index (κ1) is 22.3. The van der Waals surface area contributed by atoms with Crippen molar-refractivity contribution in [2.75, 3.05) is 23.3 Å². The first-order valence-corrected chi connectivity index (χ1v) is 10.8. The Balaban J connectivity index is 1.36. The molecule has 2 heterocycles. The number of alkyl halides is 3. The summed E-state index contributed by atoms with van der Waals surface area (Å²) >= 11 is 0. The number of carbonyl (C=O) groups is 1. The zero-order chi connectivity index (χ0) is 22.7. The number of halogens is 4. The summed E-state index contributed by atoms with van der Waals surface area (Å²) in [5.74, 6) is -0.380. The van der Waals surface area contributed by atoms with Crippen LogP contribution in [-0.2, 0) is 6.18 Å². The summed E-state index contributed by atoms with van der Waals surface area (Å²) in [5.41, 5.74) is -0.557. The quantitative estimate of drug-likeness (QED) is 0.660. The summed E-state index contributed by atoms with van der Waals surface area (Å²) in [5, 5.41) is 6.08. The number of benzene rings is 1. The molecule has 0 bridgehead atoms. The molecule has 6 nitrogen and oxygen atoms in total. The Hall–Kier alpha value is -2.91. The highest BCUT2D eigenvalue weighted by Crippen LogP contribution is 2.32. The largest absolute Gasteiger partial charge is 0.433 e. The molecule has 1 aromatic carbocycles. The van der Waals surface area contributed by atoms with Crippen LogP contribution in [0.4, 0.5) is 29.3 Å². The van der Waals surface area contributed by atoms with Crippen LogP contribution >= 0.6 is 0 Å². The normalized spacial score (nSPS) is 21.4. The van der Waals surface area contributed by atoms with E-state index in [0.29, 0.717) is 44.3 Å². The predicted octanol–water partition coefficient (Wildman–Crippen LogP) is 4.39. The number of amides is 1. The van der Waals surface area contributed by atoms with Gasteiger partial charge in [0.25, 0.3) is 5.91 Å². The summed E-state index contributed by atoms with van der Waals surface area (Å²) in [7, 11) is 0. The van der Waals surface area contributed by atoms with Gasteiger partial charge in [-0.3, -0.25) is 4.79 Å². The number of nitrogens with zero attached hydrogens (tertiary/aromatic N) is 3. The molecule has 1 aromatic heterocycles. The second-order valence-electron chi connectivity index (χ2n) is 8.30. The lowest BCUT2D eigenvalue weighted by Crippen LogP contribution is -2.40. The van der Waals surface area contributed by atoms with Crippen molar-refractivity contribution in [2.45, 2.75) is 56.8 Å². The summed E-state index contributed by atoms with van der Waals surface area (Å²) < 4.78 is 53.1. The lowest BCUT2D eigenvalue weighted by molar-refractivity contribution is -0.141. The molecule has 32 heavy (non-hydrogen) atoms. The summed E-state index contributed by atoms with van der Waals surface area (Å²) in [4.78, 5) is 22.2. The molecule has 172 valence electrons. The Kier molecular flexibility index (Phi) is 6.48. The van der Waals surface area contributed by atoms with Crippen molar-refractivity contribution in [1.82, 2.24) is 15.3 Å². The fourth-order valence-electron chi connectivity index (χ4n) is 4.17. The van der Waals surface area contributed by atoms with Crippen LogP contribution in [0.2, 0.25) is 0 Å². The van der Waals surface area contributed by atoms with Crippen molar-refractivity contribution in [3.8, 4) is 0 Å². The van der Waals surface area contributed by atoms with Crippen molar-refractivity contribution in [3.05, 3.63) is 47.4 Å². The Morgan fingerprint density at radius 1 is 0.969 bits per heavy atom. The molecule has 1 saturated heterocycles. The van der Waals surface area contributed by atoms with E-state index in [0.717, 1.165) is 18.9 Å². The smallest absolute Gasteiger partial charge is 0.367 e. The SMILES string of the molecule is O=C(NC1CCC(Nc2cc(C(F)(F)F)nc(N3CCCC3)n2)CC1)c1ccc(F)cc1. The maximum absolute atomic E-state index is 13.4. The minimum absolute atomic E-state index is 0.0399. The number of hydrogen-bond donors (Lipinski definition) is 2. The number of rotatable bonds is 5. The molecule has 2 N–H and O–H groups in total. The van der Waals surface area contributed by atoms with Crippen LogP contribution in [0.25, 0.3) is 0 Å². The highest BCUT2D eigenvalue weighted by Gasteiger charge is 2.35. The third-order valence-corrected chi connectivity index (χ3v) is 5.91. The zero-order valence-electron chi connectivity index (χ0n) is 17.5. The molecule has 0 radical (unpaired) electrons. The van der Waals surface area contributed by atoms with Crippen LogP contribution < -0.4 is 15.5 Å². The van der Waals surface area contributed by atoms with Gasteiger partial charge in [-0.1, -0.05) is 0 Å². The standard InChI is InChI=1S/C22H25F4N5O/c23-15-5-3-14(4-6-15)20(32)28-17-9-7-16(8-10-17)27-19-13-18(22(24,25)26)29-21(30-19)31-11-1-2-12-31/h3-6,13,16-17H,1-2,7-12H2,(H,28,32)(H,27,29,30). The number of carbonyl (C=O) groups excluding carboxylic acids is 1. The molecule has 2 fully saturated rings. The van der Waals surface area contributed by atoms with Crippen LogP contribution in [0.1, 0.15) is 54.6 Å². The van der Waals surface area contributed by atoms with Crippen molar-refractivity contribution in [1.29, 1.82) is 0 Å². The van der Waals surface area contributed by atoms with E-state index in [4.69, 9.17) is 0 Å². The van der Waals surface area contributed by atoms with Gasteiger partial charge in [0.1, 0.15) is 11.6 Å². The molecule has 2 aromatic rings. The highest BCUT2D eigenvalue weighted by atomic mass is 19.4. The van der Waals surface area contributed by atoms with Gasteiger partial charge >= 0.3 is 6.18 Å². The maximum Gasteiger partial charge on any atom is 0.433 e.